The molecule has 0 spiro atoms. The van der Waals surface area contributed by atoms with Crippen molar-refractivity contribution >= 4 is 12.0 Å². The number of benzene rings is 1. The Kier molecular flexibility index (Phi) is 7.59. The van der Waals surface area contributed by atoms with Crippen LogP contribution in [0, 0.1) is 0 Å². The van der Waals surface area contributed by atoms with E-state index in [9.17, 15) is 4.79 Å². The Morgan fingerprint density at radius 3 is 2.79 bits per heavy atom. The first-order chi connectivity index (χ1) is 9.22. The second-order valence-electron chi connectivity index (χ2n) is 4.69. The van der Waals surface area contributed by atoms with Gasteiger partial charge in [-0.05, 0) is 31.7 Å². The van der Waals surface area contributed by atoms with Gasteiger partial charge in [0.05, 0.1) is 0 Å². The van der Waals surface area contributed by atoms with Crippen molar-refractivity contribution < 1.29 is 9.90 Å². The Bertz CT molecular complexity index is 387. The quantitative estimate of drug-likeness (QED) is 0.756. The molecule has 3 nitrogen and oxygen atoms in total. The molecule has 0 bridgehead atoms. The zero-order valence-electron chi connectivity index (χ0n) is 11.5. The summed E-state index contributed by atoms with van der Waals surface area (Å²) in [6.45, 7) is 2.15. The van der Waals surface area contributed by atoms with Crippen molar-refractivity contribution in [2.24, 2.45) is 0 Å². The minimum atomic E-state index is 0.0724. The number of carbonyl (C=O) groups is 1. The lowest BCUT2D eigenvalue weighted by atomic mass is 10.1. The van der Waals surface area contributed by atoms with E-state index in [0.717, 1.165) is 24.8 Å². The Hall–Kier alpha value is -1.61. The fourth-order valence-electron chi connectivity index (χ4n) is 1.81. The molecule has 0 heterocycles. The molecule has 1 aromatic carbocycles. The van der Waals surface area contributed by atoms with Crippen LogP contribution in [0.25, 0.3) is 6.08 Å². The molecule has 0 aromatic heterocycles. The van der Waals surface area contributed by atoms with Crippen LogP contribution in [0.4, 0.5) is 0 Å². The molecule has 0 saturated heterocycles. The molecule has 0 saturated carbocycles. The average Bonchev–Trinajstić information content (AvgIpc) is 2.42. The molecule has 0 aliphatic rings. The first-order valence-corrected chi connectivity index (χ1v) is 6.84. The van der Waals surface area contributed by atoms with E-state index >= 15 is 0 Å². The third kappa shape index (κ3) is 7.42. The van der Waals surface area contributed by atoms with Crippen molar-refractivity contribution in [3.05, 3.63) is 42.0 Å². The van der Waals surface area contributed by atoms with Gasteiger partial charge in [0, 0.05) is 19.1 Å². The van der Waals surface area contributed by atoms with Crippen molar-refractivity contribution in [1.82, 2.24) is 5.32 Å². The van der Waals surface area contributed by atoms with Crippen LogP contribution in [0.2, 0.25) is 0 Å². The van der Waals surface area contributed by atoms with E-state index in [-0.39, 0.29) is 18.6 Å². The van der Waals surface area contributed by atoms with E-state index in [0.29, 0.717) is 6.42 Å². The van der Waals surface area contributed by atoms with E-state index < -0.39 is 0 Å². The topological polar surface area (TPSA) is 49.3 Å². The molecule has 3 heteroatoms. The maximum absolute atomic E-state index is 11.6. The van der Waals surface area contributed by atoms with Crippen molar-refractivity contribution in [2.75, 3.05) is 6.61 Å². The zero-order chi connectivity index (χ0) is 13.9. The summed E-state index contributed by atoms with van der Waals surface area (Å²) in [6.07, 6.45) is 6.85. The van der Waals surface area contributed by atoms with Crippen LogP contribution in [0.3, 0.4) is 0 Å². The maximum atomic E-state index is 11.6. The summed E-state index contributed by atoms with van der Waals surface area (Å²) in [5, 5.41) is 11.6. The van der Waals surface area contributed by atoms with Gasteiger partial charge < -0.3 is 10.4 Å². The van der Waals surface area contributed by atoms with Crippen molar-refractivity contribution in [2.45, 2.75) is 38.6 Å². The molecule has 0 aliphatic carbocycles. The Morgan fingerprint density at radius 2 is 2.11 bits per heavy atom. The summed E-state index contributed by atoms with van der Waals surface area (Å²) in [5.74, 6) is 0.0724. The van der Waals surface area contributed by atoms with Crippen molar-refractivity contribution in [3.63, 3.8) is 0 Å². The number of allylic oxidation sites excluding steroid dienone is 1. The standard InChI is InChI=1S/C16H23NO2/c1-14(8-7-13-18)17-16(19)12-6-5-11-15-9-3-2-4-10-15/h2-5,9-11,14,18H,6-8,12-13H2,1H3,(H,17,19)/b11-5+. The van der Waals surface area contributed by atoms with Gasteiger partial charge in [0.15, 0.2) is 0 Å². The summed E-state index contributed by atoms with van der Waals surface area (Å²) < 4.78 is 0. The lowest BCUT2D eigenvalue weighted by molar-refractivity contribution is -0.121. The summed E-state index contributed by atoms with van der Waals surface area (Å²) in [7, 11) is 0. The van der Waals surface area contributed by atoms with E-state index in [2.05, 4.69) is 5.32 Å². The summed E-state index contributed by atoms with van der Waals surface area (Å²) in [4.78, 5) is 11.6. The highest BCUT2D eigenvalue weighted by Crippen LogP contribution is 2.03. The molecule has 0 radical (unpaired) electrons. The van der Waals surface area contributed by atoms with Gasteiger partial charge in [-0.1, -0.05) is 42.5 Å². The van der Waals surface area contributed by atoms with Crippen LogP contribution in [-0.2, 0) is 4.79 Å². The maximum Gasteiger partial charge on any atom is 0.220 e. The molecule has 1 atom stereocenters. The minimum Gasteiger partial charge on any atom is -0.396 e. The fraction of sp³-hybridized carbons (Fsp3) is 0.438. The molecule has 1 amide bonds. The normalized spacial score (nSPS) is 12.5. The molecule has 0 aliphatic heterocycles. The number of aliphatic hydroxyl groups excluding tert-OH is 1. The smallest absolute Gasteiger partial charge is 0.220 e. The fourth-order valence-corrected chi connectivity index (χ4v) is 1.81. The number of rotatable bonds is 8. The largest absolute Gasteiger partial charge is 0.396 e. The monoisotopic (exact) mass is 261 g/mol. The van der Waals surface area contributed by atoms with Gasteiger partial charge in [-0.15, -0.1) is 0 Å². The zero-order valence-corrected chi connectivity index (χ0v) is 11.5. The highest BCUT2D eigenvalue weighted by atomic mass is 16.2. The third-order valence-corrected chi connectivity index (χ3v) is 2.85. The third-order valence-electron chi connectivity index (χ3n) is 2.85. The summed E-state index contributed by atoms with van der Waals surface area (Å²) in [6, 6.07) is 10.2. The lowest BCUT2D eigenvalue weighted by Gasteiger charge is -2.12. The van der Waals surface area contributed by atoms with Crippen LogP contribution >= 0.6 is 0 Å². The molecule has 2 N–H and O–H groups in total. The van der Waals surface area contributed by atoms with Gasteiger partial charge >= 0.3 is 0 Å². The van der Waals surface area contributed by atoms with Crippen LogP contribution in [0.5, 0.6) is 0 Å². The molecule has 104 valence electrons. The van der Waals surface area contributed by atoms with Crippen molar-refractivity contribution in [3.8, 4) is 0 Å². The highest BCUT2D eigenvalue weighted by Gasteiger charge is 2.05. The number of hydrogen-bond acceptors (Lipinski definition) is 2. The van der Waals surface area contributed by atoms with E-state index in [1.165, 1.54) is 0 Å². The van der Waals surface area contributed by atoms with Gasteiger partial charge in [-0.3, -0.25) is 4.79 Å². The Morgan fingerprint density at radius 1 is 1.37 bits per heavy atom. The average molecular weight is 261 g/mol. The van der Waals surface area contributed by atoms with Crippen LogP contribution < -0.4 is 5.32 Å². The lowest BCUT2D eigenvalue weighted by Crippen LogP contribution is -2.32. The molecule has 1 rings (SSSR count). The van der Waals surface area contributed by atoms with Gasteiger partial charge in [0.2, 0.25) is 5.91 Å². The molecule has 0 fully saturated rings. The van der Waals surface area contributed by atoms with Crippen LogP contribution in [-0.4, -0.2) is 23.7 Å². The molecule has 19 heavy (non-hydrogen) atoms. The van der Waals surface area contributed by atoms with E-state index in [1.54, 1.807) is 0 Å². The van der Waals surface area contributed by atoms with E-state index in [1.807, 2.05) is 49.4 Å². The van der Waals surface area contributed by atoms with Crippen LogP contribution in [0.15, 0.2) is 36.4 Å². The number of aliphatic hydroxyl groups is 1. The highest BCUT2D eigenvalue weighted by molar-refractivity contribution is 5.76. The predicted molar refractivity (Wildman–Crippen MR) is 78.6 cm³/mol. The summed E-state index contributed by atoms with van der Waals surface area (Å²) in [5.41, 5.74) is 1.15. The predicted octanol–water partition coefficient (Wildman–Crippen LogP) is 2.76. The number of nitrogens with one attached hydrogen (secondary N) is 1. The summed E-state index contributed by atoms with van der Waals surface area (Å²) >= 11 is 0. The van der Waals surface area contributed by atoms with Gasteiger partial charge in [-0.2, -0.15) is 0 Å². The first kappa shape index (κ1) is 15.4. The second-order valence-corrected chi connectivity index (χ2v) is 4.69. The second kappa shape index (κ2) is 9.34. The number of amides is 1. The van der Waals surface area contributed by atoms with Crippen LogP contribution in [0.1, 0.15) is 38.2 Å². The SMILES string of the molecule is CC(CCCO)NC(=O)CC/C=C/c1ccccc1. The molecule has 1 unspecified atom stereocenters. The molecule has 1 aromatic rings. The number of hydrogen-bond donors (Lipinski definition) is 2. The molecular formula is C16H23NO2. The molecular weight excluding hydrogens is 238 g/mol. The first-order valence-electron chi connectivity index (χ1n) is 6.84. The minimum absolute atomic E-state index is 0.0724. The Labute approximate surface area is 115 Å². The Balaban J connectivity index is 2.18. The van der Waals surface area contributed by atoms with E-state index in [4.69, 9.17) is 5.11 Å². The van der Waals surface area contributed by atoms with Gasteiger partial charge in [0.1, 0.15) is 0 Å². The van der Waals surface area contributed by atoms with Crippen molar-refractivity contribution in [1.29, 1.82) is 0 Å². The van der Waals surface area contributed by atoms with Gasteiger partial charge in [0.25, 0.3) is 0 Å². The number of carbonyl (C=O) groups excluding carboxylic acids is 1. The van der Waals surface area contributed by atoms with Gasteiger partial charge in [-0.25, -0.2) is 0 Å².